The molecule has 0 fully saturated rings. The third kappa shape index (κ3) is 3.12. The van der Waals surface area contributed by atoms with E-state index < -0.39 is 0 Å². The van der Waals surface area contributed by atoms with Crippen LogP contribution in [0.3, 0.4) is 0 Å². The molecule has 0 bridgehead atoms. The van der Waals surface area contributed by atoms with Gasteiger partial charge in [0.25, 0.3) is 0 Å². The van der Waals surface area contributed by atoms with Crippen LogP contribution in [0.4, 0.5) is 5.82 Å². The molecule has 0 radical (unpaired) electrons. The highest BCUT2D eigenvalue weighted by Gasteiger charge is 2.06. The topological polar surface area (TPSA) is 38.2 Å². The Labute approximate surface area is 88.9 Å². The molecule has 5 heteroatoms. The molecule has 4 nitrogen and oxygen atoms in total. The van der Waals surface area contributed by atoms with E-state index in [4.69, 9.17) is 16.3 Å². The molecule has 0 aromatic carbocycles. The molecule has 0 aliphatic carbocycles. The molecule has 14 heavy (non-hydrogen) atoms. The summed E-state index contributed by atoms with van der Waals surface area (Å²) in [6, 6.07) is 0. The van der Waals surface area contributed by atoms with E-state index in [0.29, 0.717) is 17.6 Å². The molecule has 0 spiro atoms. The van der Waals surface area contributed by atoms with Crippen molar-refractivity contribution in [2.24, 2.45) is 0 Å². The minimum absolute atomic E-state index is 0.423. The smallest absolute Gasteiger partial charge is 0.171 e. The van der Waals surface area contributed by atoms with Crippen LogP contribution in [0.15, 0.2) is 12.4 Å². The first-order chi connectivity index (χ1) is 6.75. The van der Waals surface area contributed by atoms with Crippen molar-refractivity contribution >= 4 is 17.4 Å². The Morgan fingerprint density at radius 2 is 2.14 bits per heavy atom. The van der Waals surface area contributed by atoms with E-state index in [-0.39, 0.29) is 0 Å². The highest BCUT2D eigenvalue weighted by molar-refractivity contribution is 6.31. The van der Waals surface area contributed by atoms with Crippen molar-refractivity contribution in [3.8, 4) is 0 Å². The van der Waals surface area contributed by atoms with E-state index >= 15 is 0 Å². The predicted octanol–water partition coefficient (Wildman–Crippen LogP) is 1.60. The maximum absolute atomic E-state index is 5.88. The average molecular weight is 216 g/mol. The summed E-state index contributed by atoms with van der Waals surface area (Å²) < 4.78 is 5.23. The summed E-state index contributed by atoms with van der Waals surface area (Å²) >= 11 is 5.88. The van der Waals surface area contributed by atoms with Crippen molar-refractivity contribution in [1.82, 2.24) is 9.97 Å². The van der Waals surface area contributed by atoms with E-state index in [0.717, 1.165) is 13.2 Å². The normalized spacial score (nSPS) is 10.2. The van der Waals surface area contributed by atoms with Crippen molar-refractivity contribution in [3.63, 3.8) is 0 Å². The zero-order chi connectivity index (χ0) is 10.4. The summed E-state index contributed by atoms with van der Waals surface area (Å²) in [6.07, 6.45) is 3.20. The lowest BCUT2D eigenvalue weighted by Crippen LogP contribution is -2.24. The van der Waals surface area contributed by atoms with Gasteiger partial charge in [0.1, 0.15) is 0 Å². The van der Waals surface area contributed by atoms with Gasteiger partial charge in [0.15, 0.2) is 11.0 Å². The van der Waals surface area contributed by atoms with Gasteiger partial charge in [-0.15, -0.1) is 0 Å². The highest BCUT2D eigenvalue weighted by atomic mass is 35.5. The Bertz CT molecular complexity index is 283. The van der Waals surface area contributed by atoms with Crippen LogP contribution < -0.4 is 4.90 Å². The lowest BCUT2D eigenvalue weighted by atomic mass is 10.5. The Morgan fingerprint density at radius 3 is 2.79 bits per heavy atom. The van der Waals surface area contributed by atoms with E-state index in [9.17, 15) is 0 Å². The molecule has 0 amide bonds. The van der Waals surface area contributed by atoms with Gasteiger partial charge in [-0.25, -0.2) is 9.97 Å². The monoisotopic (exact) mass is 215 g/mol. The highest BCUT2D eigenvalue weighted by Crippen LogP contribution is 2.17. The molecule has 0 N–H and O–H groups in total. The van der Waals surface area contributed by atoms with Crippen molar-refractivity contribution in [2.75, 3.05) is 31.7 Å². The summed E-state index contributed by atoms with van der Waals surface area (Å²) in [5.41, 5.74) is 0. The number of nitrogens with zero attached hydrogens (tertiary/aromatic N) is 3. The standard InChI is InChI=1S/C9H14ClN3O/c1-3-14-7-6-13(2)9-8(10)11-4-5-12-9/h4-5H,3,6-7H2,1-2H3. The number of rotatable bonds is 5. The molecule has 0 saturated heterocycles. The lowest BCUT2D eigenvalue weighted by molar-refractivity contribution is 0.154. The minimum Gasteiger partial charge on any atom is -0.380 e. The van der Waals surface area contributed by atoms with Gasteiger partial charge >= 0.3 is 0 Å². The fraction of sp³-hybridized carbons (Fsp3) is 0.556. The van der Waals surface area contributed by atoms with Crippen LogP contribution in [0.25, 0.3) is 0 Å². The predicted molar refractivity (Wildman–Crippen MR) is 56.8 cm³/mol. The van der Waals surface area contributed by atoms with Crippen LogP contribution >= 0.6 is 11.6 Å². The second-order valence-corrected chi connectivity index (χ2v) is 3.15. The SMILES string of the molecule is CCOCCN(C)c1nccnc1Cl. The van der Waals surface area contributed by atoms with Gasteiger partial charge in [0.05, 0.1) is 6.61 Å². The van der Waals surface area contributed by atoms with Gasteiger partial charge in [-0.1, -0.05) is 11.6 Å². The first-order valence-electron chi connectivity index (χ1n) is 4.51. The Morgan fingerprint density at radius 1 is 1.43 bits per heavy atom. The number of ether oxygens (including phenoxy) is 1. The van der Waals surface area contributed by atoms with Crippen molar-refractivity contribution < 1.29 is 4.74 Å². The van der Waals surface area contributed by atoms with Gasteiger partial charge in [0, 0.05) is 32.6 Å². The lowest BCUT2D eigenvalue weighted by Gasteiger charge is -2.17. The number of hydrogen-bond acceptors (Lipinski definition) is 4. The van der Waals surface area contributed by atoms with Gasteiger partial charge in [-0.05, 0) is 6.92 Å². The first kappa shape index (κ1) is 11.2. The zero-order valence-electron chi connectivity index (χ0n) is 8.40. The second-order valence-electron chi connectivity index (χ2n) is 2.79. The van der Waals surface area contributed by atoms with Crippen LogP contribution in [0, 0.1) is 0 Å². The molecule has 0 atom stereocenters. The van der Waals surface area contributed by atoms with E-state index in [1.54, 1.807) is 12.4 Å². The van der Waals surface area contributed by atoms with Crippen molar-refractivity contribution in [2.45, 2.75) is 6.92 Å². The van der Waals surface area contributed by atoms with Crippen LogP contribution in [0.2, 0.25) is 5.15 Å². The molecule has 78 valence electrons. The molecular formula is C9H14ClN3O. The fourth-order valence-electron chi connectivity index (χ4n) is 1.02. The van der Waals surface area contributed by atoms with Crippen LogP contribution in [0.5, 0.6) is 0 Å². The summed E-state index contributed by atoms with van der Waals surface area (Å²) in [7, 11) is 1.91. The molecule has 1 heterocycles. The zero-order valence-corrected chi connectivity index (χ0v) is 9.16. The summed E-state index contributed by atoms with van der Waals surface area (Å²) in [5.74, 6) is 0.689. The summed E-state index contributed by atoms with van der Waals surface area (Å²) in [5, 5.41) is 0.423. The molecule has 0 saturated carbocycles. The minimum atomic E-state index is 0.423. The van der Waals surface area contributed by atoms with Crippen LogP contribution in [-0.2, 0) is 4.74 Å². The quantitative estimate of drug-likeness (QED) is 0.700. The van der Waals surface area contributed by atoms with Crippen molar-refractivity contribution in [3.05, 3.63) is 17.5 Å². The Kier molecular flexibility index (Phi) is 4.62. The second kappa shape index (κ2) is 5.78. The molecule has 1 aromatic rings. The third-order valence-corrected chi connectivity index (χ3v) is 2.04. The maximum Gasteiger partial charge on any atom is 0.171 e. The van der Waals surface area contributed by atoms with Crippen LogP contribution in [0.1, 0.15) is 6.92 Å². The average Bonchev–Trinajstić information content (AvgIpc) is 2.18. The number of hydrogen-bond donors (Lipinski definition) is 0. The van der Waals surface area contributed by atoms with Gasteiger partial charge in [-0.3, -0.25) is 0 Å². The van der Waals surface area contributed by atoms with Crippen molar-refractivity contribution in [1.29, 1.82) is 0 Å². The molecular weight excluding hydrogens is 202 g/mol. The summed E-state index contributed by atoms with van der Waals surface area (Å²) in [6.45, 7) is 4.11. The van der Waals surface area contributed by atoms with E-state index in [1.165, 1.54) is 0 Å². The number of aromatic nitrogens is 2. The molecule has 0 aliphatic rings. The first-order valence-corrected chi connectivity index (χ1v) is 4.89. The van der Waals surface area contributed by atoms with Gasteiger partial charge in [0.2, 0.25) is 0 Å². The number of likely N-dealkylation sites (N-methyl/N-ethyl adjacent to an activating group) is 1. The maximum atomic E-state index is 5.88. The fourth-order valence-corrected chi connectivity index (χ4v) is 1.27. The van der Waals surface area contributed by atoms with Gasteiger partial charge in [-0.2, -0.15) is 0 Å². The summed E-state index contributed by atoms with van der Waals surface area (Å²) in [4.78, 5) is 10.0. The number of anilines is 1. The largest absolute Gasteiger partial charge is 0.380 e. The molecule has 1 aromatic heterocycles. The van der Waals surface area contributed by atoms with E-state index in [1.807, 2.05) is 18.9 Å². The number of halogens is 1. The Hall–Kier alpha value is -0.870. The molecule has 0 aliphatic heterocycles. The van der Waals surface area contributed by atoms with Crippen LogP contribution in [-0.4, -0.2) is 36.8 Å². The Balaban J connectivity index is 2.51. The van der Waals surface area contributed by atoms with E-state index in [2.05, 4.69) is 9.97 Å². The van der Waals surface area contributed by atoms with Gasteiger partial charge < -0.3 is 9.64 Å². The molecule has 1 rings (SSSR count). The third-order valence-electron chi connectivity index (χ3n) is 1.77. The molecule has 0 unspecified atom stereocenters.